The lowest BCUT2D eigenvalue weighted by atomic mass is 10.0. The summed E-state index contributed by atoms with van der Waals surface area (Å²) in [6.45, 7) is 6.52. The minimum Gasteiger partial charge on any atom is -0.462 e. The van der Waals surface area contributed by atoms with Crippen molar-refractivity contribution in [2.75, 3.05) is 75.4 Å². The predicted octanol–water partition coefficient (Wildman–Crippen LogP) is 6.36. The molecule has 0 unspecified atom stereocenters. The van der Waals surface area contributed by atoms with Gasteiger partial charge in [-0.15, -0.1) is 0 Å². The van der Waals surface area contributed by atoms with Crippen LogP contribution in [0.3, 0.4) is 0 Å². The monoisotopic (exact) mass is 814 g/mol. The van der Waals surface area contributed by atoms with Crippen molar-refractivity contribution in [2.45, 2.75) is 57.9 Å². The van der Waals surface area contributed by atoms with Crippen LogP contribution < -0.4 is 16.0 Å². The Labute approximate surface area is 336 Å². The van der Waals surface area contributed by atoms with Crippen molar-refractivity contribution in [1.82, 2.24) is 14.7 Å². The van der Waals surface area contributed by atoms with E-state index in [2.05, 4.69) is 5.32 Å². The summed E-state index contributed by atoms with van der Waals surface area (Å²) >= 11 is 6.12. The van der Waals surface area contributed by atoms with E-state index in [0.717, 1.165) is 29.4 Å². The highest BCUT2D eigenvalue weighted by atomic mass is 35.5. The lowest BCUT2D eigenvalue weighted by Crippen LogP contribution is -2.53. The average Bonchev–Trinajstić information content (AvgIpc) is 3.20. The molecule has 2 heterocycles. The smallest absolute Gasteiger partial charge is 0.418 e. The highest BCUT2D eigenvalue weighted by molar-refractivity contribution is 6.33. The van der Waals surface area contributed by atoms with E-state index in [1.54, 1.807) is 29.2 Å². The number of nitrogen functional groups attached to an aromatic ring is 1. The summed E-state index contributed by atoms with van der Waals surface area (Å²) in [6.07, 6.45) is -5.00. The van der Waals surface area contributed by atoms with Crippen molar-refractivity contribution in [3.05, 3.63) is 87.9 Å². The Morgan fingerprint density at radius 1 is 0.982 bits per heavy atom. The van der Waals surface area contributed by atoms with Crippen LogP contribution in [0.25, 0.3) is 0 Å². The SMILES string of the molecule is CNc1ccccc1CCN(C=O)C1CCN(C(=O)O[C@H](Cc2cc(Cl)c(N)c(C(F)(F)F)c2)C(=O)N2CCN(c3ccc(C(=O)OCC(C)C)cc3)CC2)CC1. The minimum absolute atomic E-state index is 0.0264. The molecule has 0 aliphatic carbocycles. The van der Waals surface area contributed by atoms with Gasteiger partial charge in [-0.3, -0.25) is 9.59 Å². The molecule has 0 saturated carbocycles. The topological polar surface area (TPSA) is 138 Å². The van der Waals surface area contributed by atoms with Crippen LogP contribution in [0.5, 0.6) is 0 Å². The molecule has 0 aromatic heterocycles. The molecule has 2 aliphatic heterocycles. The van der Waals surface area contributed by atoms with E-state index in [1.807, 2.05) is 50.1 Å². The largest absolute Gasteiger partial charge is 0.462 e. The zero-order valence-corrected chi connectivity index (χ0v) is 33.2. The molecule has 16 heteroatoms. The number of rotatable bonds is 14. The molecule has 5 rings (SSSR count). The van der Waals surface area contributed by atoms with Crippen LogP contribution in [0.15, 0.2) is 60.7 Å². The maximum Gasteiger partial charge on any atom is 0.418 e. The Kier molecular flexibility index (Phi) is 14.6. The fourth-order valence-corrected chi connectivity index (χ4v) is 7.31. The van der Waals surface area contributed by atoms with Crippen LogP contribution in [0.1, 0.15) is 53.7 Å². The number of ether oxygens (including phenoxy) is 2. The van der Waals surface area contributed by atoms with Crippen molar-refractivity contribution in [2.24, 2.45) is 5.92 Å². The summed E-state index contributed by atoms with van der Waals surface area (Å²) in [5.74, 6) is -0.763. The van der Waals surface area contributed by atoms with Crippen LogP contribution in [0, 0.1) is 5.92 Å². The number of nitrogens with two attached hydrogens (primary N) is 1. The zero-order chi connectivity index (χ0) is 41.3. The number of nitrogens with one attached hydrogen (secondary N) is 1. The van der Waals surface area contributed by atoms with Crippen LogP contribution in [-0.4, -0.2) is 111 Å². The predicted molar refractivity (Wildman–Crippen MR) is 212 cm³/mol. The Morgan fingerprint density at radius 3 is 2.26 bits per heavy atom. The molecule has 308 valence electrons. The Hall–Kier alpha value is -5.18. The van der Waals surface area contributed by atoms with E-state index in [0.29, 0.717) is 51.1 Å². The number of alkyl halides is 3. The second kappa shape index (κ2) is 19.3. The average molecular weight is 815 g/mol. The lowest BCUT2D eigenvalue weighted by Gasteiger charge is -2.38. The Morgan fingerprint density at radius 2 is 1.65 bits per heavy atom. The van der Waals surface area contributed by atoms with E-state index >= 15 is 0 Å². The first kappa shape index (κ1) is 43.0. The molecule has 12 nitrogen and oxygen atoms in total. The highest BCUT2D eigenvalue weighted by Crippen LogP contribution is 2.38. The zero-order valence-electron chi connectivity index (χ0n) is 32.4. The summed E-state index contributed by atoms with van der Waals surface area (Å²) in [6, 6.07) is 16.8. The number of esters is 1. The third-order valence-corrected chi connectivity index (χ3v) is 10.6. The number of piperazine rings is 1. The van der Waals surface area contributed by atoms with Crippen molar-refractivity contribution >= 4 is 53.0 Å². The standard InChI is InChI=1S/C41H50ClF3N6O6/c1-27(2)25-56-39(54)30-8-10-31(11-9-30)48-18-20-49(21-19-48)38(53)36(24-28-22-33(41(43,44)45)37(46)34(42)23-28)57-40(55)50-16-13-32(14-17-50)51(26-52)15-12-29-6-4-5-7-35(29)47-3/h4-11,22-23,26-27,32,36,47H,12-21,24-25,46H2,1-3H3/t36-/m1/s1. The van der Waals surface area contributed by atoms with E-state index in [1.165, 1.54) is 15.9 Å². The molecule has 2 saturated heterocycles. The van der Waals surface area contributed by atoms with Gasteiger partial charge < -0.3 is 40.1 Å². The summed E-state index contributed by atoms with van der Waals surface area (Å²) in [5.41, 5.74) is 7.22. The second-order valence-electron chi connectivity index (χ2n) is 14.7. The van der Waals surface area contributed by atoms with Crippen molar-refractivity contribution in [3.8, 4) is 0 Å². The van der Waals surface area contributed by atoms with E-state index < -0.39 is 41.5 Å². The molecule has 2 aliphatic rings. The van der Waals surface area contributed by atoms with Crippen LogP contribution in [0.4, 0.5) is 35.0 Å². The number of piperidine rings is 1. The number of benzene rings is 3. The molecule has 3 aromatic rings. The van der Waals surface area contributed by atoms with E-state index in [-0.39, 0.29) is 55.1 Å². The molecule has 0 radical (unpaired) electrons. The second-order valence-corrected chi connectivity index (χ2v) is 15.1. The molecule has 3 aromatic carbocycles. The number of hydrogen-bond acceptors (Lipinski definition) is 9. The first-order valence-corrected chi connectivity index (χ1v) is 19.4. The molecular formula is C41H50ClF3N6O6. The number of hydrogen-bond donors (Lipinski definition) is 2. The normalized spacial score (nSPS) is 15.6. The first-order valence-electron chi connectivity index (χ1n) is 19.1. The molecule has 3 N–H and O–H groups in total. The van der Waals surface area contributed by atoms with Gasteiger partial charge >= 0.3 is 18.2 Å². The first-order chi connectivity index (χ1) is 27.2. The number of carbonyl (C=O) groups is 4. The number of amides is 3. The Bertz CT molecular complexity index is 1860. The van der Waals surface area contributed by atoms with Gasteiger partial charge in [0.05, 0.1) is 28.4 Å². The van der Waals surface area contributed by atoms with E-state index in [4.69, 9.17) is 26.8 Å². The maximum atomic E-state index is 14.1. The van der Waals surface area contributed by atoms with Crippen molar-refractivity contribution in [1.29, 1.82) is 0 Å². The van der Waals surface area contributed by atoms with Gasteiger partial charge in [0.1, 0.15) is 0 Å². The molecule has 0 spiro atoms. The highest BCUT2D eigenvalue weighted by Gasteiger charge is 2.37. The van der Waals surface area contributed by atoms with Gasteiger partial charge in [-0.05, 0) is 78.8 Å². The third kappa shape index (κ3) is 11.2. The van der Waals surface area contributed by atoms with Gasteiger partial charge in [0.25, 0.3) is 5.91 Å². The molecule has 3 amide bonds. The minimum atomic E-state index is -4.81. The number of nitrogens with zero attached hydrogens (tertiary/aromatic N) is 4. The summed E-state index contributed by atoms with van der Waals surface area (Å²) in [7, 11) is 1.84. The summed E-state index contributed by atoms with van der Waals surface area (Å²) in [4.78, 5) is 58.9. The van der Waals surface area contributed by atoms with Gasteiger partial charge in [0.15, 0.2) is 6.10 Å². The van der Waals surface area contributed by atoms with Crippen molar-refractivity contribution < 1.29 is 41.8 Å². The molecule has 2 fully saturated rings. The van der Waals surface area contributed by atoms with Crippen LogP contribution >= 0.6 is 11.6 Å². The van der Waals surface area contributed by atoms with Gasteiger partial charge in [-0.1, -0.05) is 43.6 Å². The Balaban J connectivity index is 1.24. The lowest BCUT2D eigenvalue weighted by molar-refractivity contribution is -0.141. The molecule has 1 atom stereocenters. The van der Waals surface area contributed by atoms with Crippen molar-refractivity contribution in [3.63, 3.8) is 0 Å². The molecule has 57 heavy (non-hydrogen) atoms. The molecular weight excluding hydrogens is 765 g/mol. The van der Waals surface area contributed by atoms with Crippen LogP contribution in [-0.2, 0) is 38.1 Å². The van der Waals surface area contributed by atoms with E-state index in [9.17, 15) is 32.3 Å². The van der Waals surface area contributed by atoms with Gasteiger partial charge in [0.2, 0.25) is 6.41 Å². The number of halogens is 4. The van der Waals surface area contributed by atoms with Crippen LogP contribution in [0.2, 0.25) is 5.02 Å². The number of likely N-dealkylation sites (tertiary alicyclic amines) is 1. The third-order valence-electron chi connectivity index (χ3n) is 10.3. The number of anilines is 3. The fourth-order valence-electron chi connectivity index (χ4n) is 7.07. The quantitative estimate of drug-likeness (QED) is 0.108. The van der Waals surface area contributed by atoms with Gasteiger partial charge in [0, 0.05) is 76.7 Å². The molecule has 0 bridgehead atoms. The van der Waals surface area contributed by atoms with Gasteiger partial charge in [-0.25, -0.2) is 9.59 Å². The maximum absolute atomic E-state index is 14.1. The summed E-state index contributed by atoms with van der Waals surface area (Å²) in [5, 5.41) is 2.83. The fraction of sp³-hybridized carbons (Fsp3) is 0.463. The summed E-state index contributed by atoms with van der Waals surface area (Å²) < 4.78 is 52.8. The number of para-hydroxylation sites is 1. The number of carbonyl (C=O) groups excluding carboxylic acids is 4. The van der Waals surface area contributed by atoms with Gasteiger partial charge in [-0.2, -0.15) is 13.2 Å².